The molecule has 4 rings (SSSR count). The number of rotatable bonds is 7. The van der Waals surface area contributed by atoms with Gasteiger partial charge in [0.1, 0.15) is 5.82 Å². The van der Waals surface area contributed by atoms with Gasteiger partial charge in [-0.05, 0) is 42.7 Å². The fraction of sp³-hybridized carbons (Fsp3) is 0.375. The van der Waals surface area contributed by atoms with E-state index in [1.54, 1.807) is 12.1 Å². The minimum atomic E-state index is -0.289. The van der Waals surface area contributed by atoms with E-state index in [0.717, 1.165) is 24.0 Å². The molecular formula is C24H27FN4OS. The van der Waals surface area contributed by atoms with Crippen LogP contribution in [0.25, 0.3) is 11.4 Å². The van der Waals surface area contributed by atoms with Crippen LogP contribution in [0.2, 0.25) is 0 Å². The van der Waals surface area contributed by atoms with Crippen LogP contribution in [0.1, 0.15) is 44.1 Å². The van der Waals surface area contributed by atoms with Crippen molar-refractivity contribution in [3.63, 3.8) is 0 Å². The van der Waals surface area contributed by atoms with E-state index in [2.05, 4.69) is 15.5 Å². The fourth-order valence-corrected chi connectivity index (χ4v) is 4.69. The third-order valence-corrected chi connectivity index (χ3v) is 6.52. The molecule has 31 heavy (non-hydrogen) atoms. The zero-order valence-electron chi connectivity index (χ0n) is 17.5. The molecule has 0 aliphatic heterocycles. The number of amides is 1. The van der Waals surface area contributed by atoms with Crippen LogP contribution in [0, 0.1) is 5.82 Å². The van der Waals surface area contributed by atoms with Crippen LogP contribution in [-0.4, -0.2) is 32.5 Å². The molecule has 5 nitrogen and oxygen atoms in total. The molecule has 3 aromatic rings. The van der Waals surface area contributed by atoms with Crippen LogP contribution in [0.4, 0.5) is 4.39 Å². The van der Waals surface area contributed by atoms with E-state index in [1.165, 1.54) is 49.6 Å². The summed E-state index contributed by atoms with van der Waals surface area (Å²) in [4.78, 5) is 12.5. The van der Waals surface area contributed by atoms with Gasteiger partial charge in [-0.3, -0.25) is 9.36 Å². The van der Waals surface area contributed by atoms with Gasteiger partial charge in [0.15, 0.2) is 11.0 Å². The van der Waals surface area contributed by atoms with Crippen LogP contribution in [0.15, 0.2) is 59.8 Å². The molecular weight excluding hydrogens is 411 g/mol. The average molecular weight is 439 g/mol. The van der Waals surface area contributed by atoms with Gasteiger partial charge in [-0.1, -0.05) is 67.8 Å². The molecule has 7 heteroatoms. The van der Waals surface area contributed by atoms with Crippen molar-refractivity contribution in [2.24, 2.45) is 0 Å². The molecule has 0 spiro atoms. The van der Waals surface area contributed by atoms with Gasteiger partial charge >= 0.3 is 0 Å². The Labute approximate surface area is 186 Å². The Hall–Kier alpha value is -2.67. The number of halogens is 1. The van der Waals surface area contributed by atoms with Gasteiger partial charge in [0.25, 0.3) is 0 Å². The highest BCUT2D eigenvalue weighted by atomic mass is 32.2. The van der Waals surface area contributed by atoms with Crippen molar-refractivity contribution >= 4 is 17.7 Å². The minimum Gasteiger partial charge on any atom is -0.353 e. The van der Waals surface area contributed by atoms with Crippen molar-refractivity contribution in [3.8, 4) is 11.4 Å². The Morgan fingerprint density at radius 3 is 2.42 bits per heavy atom. The molecule has 0 saturated heterocycles. The second kappa shape index (κ2) is 10.6. The average Bonchev–Trinajstić information content (AvgIpc) is 2.99. The predicted octanol–water partition coefficient (Wildman–Crippen LogP) is 5.06. The van der Waals surface area contributed by atoms with E-state index in [0.29, 0.717) is 23.3 Å². The van der Waals surface area contributed by atoms with E-state index in [9.17, 15) is 9.18 Å². The molecule has 0 bridgehead atoms. The lowest BCUT2D eigenvalue weighted by Crippen LogP contribution is -2.35. The summed E-state index contributed by atoms with van der Waals surface area (Å²) in [6.07, 6.45) is 7.02. The van der Waals surface area contributed by atoms with Crippen LogP contribution in [0.3, 0.4) is 0 Å². The first-order valence-corrected chi connectivity index (χ1v) is 11.8. The molecule has 1 heterocycles. The summed E-state index contributed by atoms with van der Waals surface area (Å²) < 4.78 is 15.4. The normalized spacial score (nSPS) is 14.9. The lowest BCUT2D eigenvalue weighted by molar-refractivity contribution is -0.119. The number of nitrogens with zero attached hydrogens (tertiary/aromatic N) is 3. The highest BCUT2D eigenvalue weighted by Crippen LogP contribution is 2.26. The van der Waals surface area contributed by atoms with Crippen molar-refractivity contribution in [1.29, 1.82) is 0 Å². The Morgan fingerprint density at radius 2 is 1.71 bits per heavy atom. The highest BCUT2D eigenvalue weighted by molar-refractivity contribution is 7.99. The summed E-state index contributed by atoms with van der Waals surface area (Å²) in [6, 6.07) is 16.6. The molecule has 1 fully saturated rings. The lowest BCUT2D eigenvalue weighted by Gasteiger charge is -2.16. The summed E-state index contributed by atoms with van der Waals surface area (Å²) in [5.41, 5.74) is 1.90. The molecule has 0 radical (unpaired) electrons. The maximum absolute atomic E-state index is 13.4. The summed E-state index contributed by atoms with van der Waals surface area (Å²) in [7, 11) is 0. The Kier molecular flexibility index (Phi) is 7.35. The number of aromatic nitrogens is 3. The summed E-state index contributed by atoms with van der Waals surface area (Å²) in [6.45, 7) is 0.577. The van der Waals surface area contributed by atoms with Crippen molar-refractivity contribution < 1.29 is 9.18 Å². The van der Waals surface area contributed by atoms with E-state index in [4.69, 9.17) is 0 Å². The van der Waals surface area contributed by atoms with Gasteiger partial charge in [0.05, 0.1) is 12.3 Å². The third kappa shape index (κ3) is 5.94. The van der Waals surface area contributed by atoms with Crippen LogP contribution >= 0.6 is 11.8 Å². The van der Waals surface area contributed by atoms with Crippen molar-refractivity contribution in [1.82, 2.24) is 20.1 Å². The van der Waals surface area contributed by atoms with Crippen LogP contribution in [-0.2, 0) is 11.3 Å². The maximum Gasteiger partial charge on any atom is 0.230 e. The first kappa shape index (κ1) is 21.6. The Bertz CT molecular complexity index is 983. The molecule has 2 aromatic carbocycles. The molecule has 0 unspecified atom stereocenters. The van der Waals surface area contributed by atoms with Gasteiger partial charge in [-0.2, -0.15) is 0 Å². The smallest absolute Gasteiger partial charge is 0.230 e. The zero-order chi connectivity index (χ0) is 21.5. The monoisotopic (exact) mass is 438 g/mol. The van der Waals surface area contributed by atoms with E-state index >= 15 is 0 Å². The van der Waals surface area contributed by atoms with Gasteiger partial charge in [-0.25, -0.2) is 4.39 Å². The van der Waals surface area contributed by atoms with E-state index < -0.39 is 0 Å². The van der Waals surface area contributed by atoms with Crippen molar-refractivity contribution in [2.45, 2.75) is 56.3 Å². The molecule has 1 aliphatic rings. The third-order valence-electron chi connectivity index (χ3n) is 5.56. The second-order valence-electron chi connectivity index (χ2n) is 7.93. The van der Waals surface area contributed by atoms with E-state index in [-0.39, 0.29) is 17.8 Å². The minimum absolute atomic E-state index is 0.0366. The largest absolute Gasteiger partial charge is 0.353 e. The van der Waals surface area contributed by atoms with Gasteiger partial charge < -0.3 is 5.32 Å². The predicted molar refractivity (Wildman–Crippen MR) is 121 cm³/mol. The quantitative estimate of drug-likeness (QED) is 0.414. The number of carbonyl (C=O) groups excluding carboxylic acids is 1. The second-order valence-corrected chi connectivity index (χ2v) is 8.87. The number of thioether (sulfide) groups is 1. The molecule has 1 N–H and O–H groups in total. The van der Waals surface area contributed by atoms with Crippen molar-refractivity contribution in [3.05, 3.63) is 66.0 Å². The van der Waals surface area contributed by atoms with E-state index in [1.807, 2.05) is 34.9 Å². The van der Waals surface area contributed by atoms with Crippen molar-refractivity contribution in [2.75, 3.05) is 5.75 Å². The molecule has 1 saturated carbocycles. The first-order chi connectivity index (χ1) is 15.2. The molecule has 1 aromatic heterocycles. The molecule has 0 atom stereocenters. The first-order valence-electron chi connectivity index (χ1n) is 10.8. The Morgan fingerprint density at radius 1 is 1.00 bits per heavy atom. The standard InChI is InChI=1S/C24H27FN4OS/c25-20-14-12-19(13-15-20)23-27-28-24(29(23)16-18-8-4-3-5-9-18)31-17-22(30)26-21-10-6-1-2-7-11-21/h3-5,8-9,12-15,21H,1-2,6-7,10-11,16-17H2,(H,26,30). The van der Waals surface area contributed by atoms with Crippen LogP contribution in [0.5, 0.6) is 0 Å². The Balaban J connectivity index is 1.49. The SMILES string of the molecule is O=C(CSc1nnc(-c2ccc(F)cc2)n1Cc1ccccc1)NC1CCCCCC1. The zero-order valence-corrected chi connectivity index (χ0v) is 18.3. The maximum atomic E-state index is 13.4. The number of hydrogen-bond donors (Lipinski definition) is 1. The van der Waals surface area contributed by atoms with Gasteiger partial charge in [0, 0.05) is 11.6 Å². The number of nitrogens with one attached hydrogen (secondary N) is 1. The topological polar surface area (TPSA) is 59.8 Å². The lowest BCUT2D eigenvalue weighted by atomic mass is 10.1. The van der Waals surface area contributed by atoms with Gasteiger partial charge in [-0.15, -0.1) is 10.2 Å². The summed E-state index contributed by atoms with van der Waals surface area (Å²) in [5, 5.41) is 12.6. The fourth-order valence-electron chi connectivity index (χ4n) is 3.94. The molecule has 1 aliphatic carbocycles. The number of carbonyl (C=O) groups is 1. The molecule has 162 valence electrons. The highest BCUT2D eigenvalue weighted by Gasteiger charge is 2.18. The summed E-state index contributed by atoms with van der Waals surface area (Å²) in [5.74, 6) is 0.708. The van der Waals surface area contributed by atoms with Gasteiger partial charge in [0.2, 0.25) is 5.91 Å². The molecule has 1 amide bonds. The number of hydrogen-bond acceptors (Lipinski definition) is 4. The number of benzene rings is 2. The summed E-state index contributed by atoms with van der Waals surface area (Å²) >= 11 is 1.39. The van der Waals surface area contributed by atoms with Crippen LogP contribution < -0.4 is 5.32 Å².